The molecule has 0 aliphatic rings. The number of nitro groups is 1. The second-order valence-corrected chi connectivity index (χ2v) is 3.12. The number of nitrogens with zero attached hydrogens (tertiary/aromatic N) is 1. The van der Waals surface area contributed by atoms with Crippen molar-refractivity contribution in [3.63, 3.8) is 0 Å². The van der Waals surface area contributed by atoms with Crippen molar-refractivity contribution >= 4 is 18.1 Å². The molecule has 1 rings (SSSR count). The Morgan fingerprint density at radius 2 is 1.87 bits per heavy atom. The van der Waals surface area contributed by atoms with E-state index in [0.29, 0.717) is 5.56 Å². The van der Waals surface area contributed by atoms with Gasteiger partial charge >= 0.3 is 0 Å². The van der Waals surface area contributed by atoms with E-state index in [1.165, 1.54) is 12.1 Å². The number of hydrogen-bond acceptors (Lipinski definition) is 4. The van der Waals surface area contributed by atoms with Gasteiger partial charge in [0, 0.05) is 12.1 Å². The fraction of sp³-hybridized carbons (Fsp3) is 0.333. The molecule has 15 heavy (non-hydrogen) atoms. The minimum absolute atomic E-state index is 0. The molecule has 0 aliphatic carbocycles. The molecule has 0 fully saturated rings. The van der Waals surface area contributed by atoms with E-state index >= 15 is 0 Å². The maximum absolute atomic E-state index is 10.3. The number of nitro benzene ring substituents is 1. The van der Waals surface area contributed by atoms with Crippen LogP contribution < -0.4 is 5.73 Å². The molecule has 0 unspecified atom stereocenters. The van der Waals surface area contributed by atoms with E-state index in [1.54, 1.807) is 19.1 Å². The predicted octanol–water partition coefficient (Wildman–Crippen LogP) is 1.40. The second-order valence-electron chi connectivity index (χ2n) is 3.12. The summed E-state index contributed by atoms with van der Waals surface area (Å²) >= 11 is 0. The molecule has 0 aliphatic heterocycles. The zero-order valence-electron chi connectivity index (χ0n) is 8.16. The largest absolute Gasteiger partial charge is 0.391 e. The fourth-order valence-electron chi connectivity index (χ4n) is 1.10. The zero-order valence-corrected chi connectivity index (χ0v) is 8.98. The molecule has 1 aromatic rings. The number of hydrogen-bond donors (Lipinski definition) is 2. The standard InChI is InChI=1S/C9H12N2O3.ClH/c1-6(12)9(10)7-2-4-8(5-3-7)11(13)14;/h2-6,9,12H,10H2,1H3;1H/t6-,9-;/m0./s1. The highest BCUT2D eigenvalue weighted by Gasteiger charge is 2.13. The monoisotopic (exact) mass is 232 g/mol. The molecule has 0 amide bonds. The molecule has 6 heteroatoms. The van der Waals surface area contributed by atoms with E-state index in [0.717, 1.165) is 0 Å². The lowest BCUT2D eigenvalue weighted by atomic mass is 10.0. The Bertz CT molecular complexity index is 327. The first kappa shape index (κ1) is 13.8. The second kappa shape index (κ2) is 5.65. The molecule has 5 nitrogen and oxygen atoms in total. The van der Waals surface area contributed by atoms with Crippen molar-refractivity contribution in [2.45, 2.75) is 19.1 Å². The van der Waals surface area contributed by atoms with Gasteiger partial charge in [-0.2, -0.15) is 0 Å². The van der Waals surface area contributed by atoms with Crippen LogP contribution in [0.4, 0.5) is 5.69 Å². The van der Waals surface area contributed by atoms with Crippen LogP contribution in [0.2, 0.25) is 0 Å². The summed E-state index contributed by atoms with van der Waals surface area (Å²) in [6, 6.07) is 5.34. The van der Waals surface area contributed by atoms with Gasteiger partial charge < -0.3 is 10.8 Å². The summed E-state index contributed by atoms with van der Waals surface area (Å²) in [6.07, 6.45) is -0.670. The number of nitrogens with two attached hydrogens (primary N) is 1. The summed E-state index contributed by atoms with van der Waals surface area (Å²) in [7, 11) is 0. The van der Waals surface area contributed by atoms with Crippen molar-refractivity contribution in [3.8, 4) is 0 Å². The van der Waals surface area contributed by atoms with E-state index in [1.807, 2.05) is 0 Å². The van der Waals surface area contributed by atoms with Gasteiger partial charge in [0.2, 0.25) is 0 Å². The smallest absolute Gasteiger partial charge is 0.269 e. The molecule has 2 atom stereocenters. The average Bonchev–Trinajstić information content (AvgIpc) is 2.16. The third kappa shape index (κ3) is 3.47. The van der Waals surface area contributed by atoms with Gasteiger partial charge in [-0.05, 0) is 12.5 Å². The van der Waals surface area contributed by atoms with Crippen LogP contribution in [-0.4, -0.2) is 16.1 Å². The minimum atomic E-state index is -0.670. The number of aliphatic hydroxyl groups excluding tert-OH is 1. The number of benzene rings is 1. The normalized spacial score (nSPS) is 13.8. The van der Waals surface area contributed by atoms with Crippen LogP contribution in [0.1, 0.15) is 18.5 Å². The molecule has 0 bridgehead atoms. The van der Waals surface area contributed by atoms with Gasteiger partial charge in [-0.3, -0.25) is 10.1 Å². The molecule has 0 heterocycles. The van der Waals surface area contributed by atoms with E-state index in [4.69, 9.17) is 5.73 Å². The van der Waals surface area contributed by atoms with Crippen LogP contribution in [0.25, 0.3) is 0 Å². The molecule has 0 saturated heterocycles. The molecule has 0 aromatic heterocycles. The lowest BCUT2D eigenvalue weighted by molar-refractivity contribution is -0.384. The van der Waals surface area contributed by atoms with Gasteiger partial charge in [0.1, 0.15) is 0 Å². The van der Waals surface area contributed by atoms with Crippen molar-refractivity contribution in [3.05, 3.63) is 39.9 Å². The fourth-order valence-corrected chi connectivity index (χ4v) is 1.10. The Hall–Kier alpha value is -1.17. The molecule has 84 valence electrons. The first-order valence-corrected chi connectivity index (χ1v) is 4.20. The van der Waals surface area contributed by atoms with Crippen LogP contribution in [-0.2, 0) is 0 Å². The van der Waals surface area contributed by atoms with Gasteiger partial charge in [0.15, 0.2) is 0 Å². The van der Waals surface area contributed by atoms with Crippen molar-refractivity contribution in [2.24, 2.45) is 5.73 Å². The van der Waals surface area contributed by atoms with E-state index in [9.17, 15) is 15.2 Å². The maximum atomic E-state index is 10.3. The van der Waals surface area contributed by atoms with Gasteiger partial charge in [-0.1, -0.05) is 12.1 Å². The van der Waals surface area contributed by atoms with Gasteiger partial charge in [-0.15, -0.1) is 12.4 Å². The first-order valence-electron chi connectivity index (χ1n) is 4.20. The van der Waals surface area contributed by atoms with Crippen molar-refractivity contribution < 1.29 is 10.0 Å². The van der Waals surface area contributed by atoms with E-state index in [-0.39, 0.29) is 18.1 Å². The van der Waals surface area contributed by atoms with Crippen LogP contribution in [0, 0.1) is 10.1 Å². The molecular weight excluding hydrogens is 220 g/mol. The third-order valence-corrected chi connectivity index (χ3v) is 2.01. The molecule has 3 N–H and O–H groups in total. The third-order valence-electron chi connectivity index (χ3n) is 2.01. The van der Waals surface area contributed by atoms with Crippen molar-refractivity contribution in [1.29, 1.82) is 0 Å². The molecular formula is C9H13ClN2O3. The lowest BCUT2D eigenvalue weighted by Crippen LogP contribution is -2.22. The zero-order chi connectivity index (χ0) is 10.7. The highest BCUT2D eigenvalue weighted by atomic mass is 35.5. The predicted molar refractivity (Wildman–Crippen MR) is 59.0 cm³/mol. The Labute approximate surface area is 93.5 Å². The minimum Gasteiger partial charge on any atom is -0.391 e. The first-order chi connectivity index (χ1) is 6.52. The highest BCUT2D eigenvalue weighted by molar-refractivity contribution is 5.85. The highest BCUT2D eigenvalue weighted by Crippen LogP contribution is 2.18. The van der Waals surface area contributed by atoms with Crippen LogP contribution >= 0.6 is 12.4 Å². The average molecular weight is 233 g/mol. The summed E-state index contributed by atoms with van der Waals surface area (Å²) in [5.41, 5.74) is 6.35. The topological polar surface area (TPSA) is 89.4 Å². The Morgan fingerprint density at radius 1 is 1.40 bits per heavy atom. The lowest BCUT2D eigenvalue weighted by Gasteiger charge is -2.14. The van der Waals surface area contributed by atoms with Gasteiger partial charge in [0.25, 0.3) is 5.69 Å². The maximum Gasteiger partial charge on any atom is 0.269 e. The Morgan fingerprint density at radius 3 is 2.20 bits per heavy atom. The Kier molecular flexibility index (Phi) is 5.21. The molecule has 0 spiro atoms. The summed E-state index contributed by atoms with van der Waals surface area (Å²) in [5, 5.41) is 19.5. The number of rotatable bonds is 3. The van der Waals surface area contributed by atoms with Crippen LogP contribution in [0.5, 0.6) is 0 Å². The number of aliphatic hydroxyl groups is 1. The summed E-state index contributed by atoms with van der Waals surface area (Å²) in [6.45, 7) is 1.58. The molecule has 0 radical (unpaired) electrons. The Balaban J connectivity index is 0.00000196. The number of non-ortho nitro benzene ring substituents is 1. The van der Waals surface area contributed by atoms with E-state index in [2.05, 4.69) is 0 Å². The summed E-state index contributed by atoms with van der Waals surface area (Å²) in [4.78, 5) is 9.87. The quantitative estimate of drug-likeness (QED) is 0.609. The van der Waals surface area contributed by atoms with Gasteiger partial charge in [-0.25, -0.2) is 0 Å². The van der Waals surface area contributed by atoms with Crippen molar-refractivity contribution in [1.82, 2.24) is 0 Å². The molecule has 1 aromatic carbocycles. The van der Waals surface area contributed by atoms with Crippen LogP contribution in [0.15, 0.2) is 24.3 Å². The van der Waals surface area contributed by atoms with Crippen molar-refractivity contribution in [2.75, 3.05) is 0 Å². The van der Waals surface area contributed by atoms with E-state index < -0.39 is 17.1 Å². The van der Waals surface area contributed by atoms with Crippen LogP contribution in [0.3, 0.4) is 0 Å². The van der Waals surface area contributed by atoms with Gasteiger partial charge in [0.05, 0.1) is 17.1 Å². The SMILES string of the molecule is C[C@H](O)[C@H](N)c1ccc([N+](=O)[O-])cc1.Cl. The summed E-state index contributed by atoms with van der Waals surface area (Å²) in [5.74, 6) is 0. The summed E-state index contributed by atoms with van der Waals surface area (Å²) < 4.78 is 0. The number of halogens is 1. The molecule has 0 saturated carbocycles.